The van der Waals surface area contributed by atoms with Crippen LogP contribution in [-0.4, -0.2) is 100 Å². The topological polar surface area (TPSA) is 286 Å². The number of nitrogens with zero attached hydrogens (tertiary/aromatic N) is 20. The zero-order valence-electron chi connectivity index (χ0n) is 95.5. The van der Waals surface area contributed by atoms with Crippen molar-refractivity contribution in [3.8, 4) is 0 Å². The van der Waals surface area contributed by atoms with Gasteiger partial charge in [-0.3, -0.25) is 0 Å². The zero-order valence-corrected chi connectivity index (χ0v) is 98.7. The van der Waals surface area contributed by atoms with Gasteiger partial charge in [-0.25, -0.2) is 24.3 Å². The molecule has 12 rings (SSSR count). The fraction of sp³-hybridized carbons (Fsp3) is 0.694. The Hall–Kier alpha value is -8.21. The molecule has 0 saturated carbocycles. The Morgan fingerprint density at radius 1 is 0.324 bits per heavy atom. The number of aromatic nitrogens is 20. The van der Waals surface area contributed by atoms with Gasteiger partial charge in [0.25, 0.3) is 0 Å². The summed E-state index contributed by atoms with van der Waals surface area (Å²) in [5.74, 6) is 16.9. The lowest BCUT2D eigenvalue weighted by atomic mass is 10.0. The molecule has 0 aliphatic rings. The largest absolute Gasteiger partial charge is 0.473 e. The molecule has 11 aromatic heterocycles. The van der Waals surface area contributed by atoms with Gasteiger partial charge in [0.2, 0.25) is 17.7 Å². The molecule has 11 heterocycles. The van der Waals surface area contributed by atoms with Crippen LogP contribution in [0.2, 0.25) is 0 Å². The lowest BCUT2D eigenvalue weighted by Crippen LogP contribution is -2.08. The molecule has 12 aromatic rings. The second-order valence-corrected chi connectivity index (χ2v) is 45.3. The monoisotopic (exact) mass is 1970 g/mol. The summed E-state index contributed by atoms with van der Waals surface area (Å²) in [5, 5.41) is 58.6. The quantitative estimate of drug-likeness (QED) is 0.0818. The highest BCUT2D eigenvalue weighted by molar-refractivity contribution is 7.11. The Morgan fingerprint density at radius 3 is 0.978 bits per heavy atom. The molecule has 0 amide bonds. The number of rotatable bonds is 17. The summed E-state index contributed by atoms with van der Waals surface area (Å²) in [7, 11) is 0. The summed E-state index contributed by atoms with van der Waals surface area (Å²) >= 11 is 6.68. The summed E-state index contributed by atoms with van der Waals surface area (Å²) in [5.41, 5.74) is 3.69. The minimum Gasteiger partial charge on any atom is -0.473 e. The van der Waals surface area contributed by atoms with Crippen LogP contribution in [-0.2, 0) is 0 Å². The van der Waals surface area contributed by atoms with E-state index in [0.29, 0.717) is 101 Å². The second-order valence-electron chi connectivity index (χ2n) is 41.7. The molecule has 136 heavy (non-hydrogen) atoms. The minimum atomic E-state index is 0.301. The fourth-order valence-electron chi connectivity index (χ4n) is 7.75. The smallest absolute Gasteiger partial charge is 0.229 e. The van der Waals surface area contributed by atoms with E-state index in [0.717, 1.165) is 97.3 Å². The van der Waals surface area contributed by atoms with E-state index in [9.17, 15) is 0 Å². The maximum atomic E-state index is 5.38. The van der Waals surface area contributed by atoms with Crippen molar-refractivity contribution in [2.24, 2.45) is 35.5 Å². The van der Waals surface area contributed by atoms with E-state index < -0.39 is 0 Å². The van der Waals surface area contributed by atoms with Gasteiger partial charge in [0.05, 0.1) is 47.4 Å². The van der Waals surface area contributed by atoms with Crippen LogP contribution in [0.1, 0.15) is 539 Å². The average molecular weight is 1970 g/mol. The van der Waals surface area contributed by atoms with Gasteiger partial charge in [0, 0.05) is 95.0 Å². The van der Waals surface area contributed by atoms with Crippen molar-refractivity contribution < 1.29 is 17.8 Å². The van der Waals surface area contributed by atoms with Crippen molar-refractivity contribution in [3.63, 3.8) is 0 Å². The molecule has 0 N–H and O–H groups in total. The number of hydrogen-bond acceptors (Lipinski definition) is 25. The molecule has 0 fully saturated rings. The van der Waals surface area contributed by atoms with E-state index in [4.69, 9.17) is 13.4 Å². The third-order valence-corrected chi connectivity index (χ3v) is 19.0. The third kappa shape index (κ3) is 80.7. The first-order valence-corrected chi connectivity index (χ1v) is 53.2. The normalized spacial score (nSPS) is 10.6. The number of thiophene rings is 1. The molecular formula is C108H198N20O4S4. The van der Waals surface area contributed by atoms with Crippen molar-refractivity contribution in [2.45, 2.75) is 461 Å². The van der Waals surface area contributed by atoms with Crippen LogP contribution < -0.4 is 0 Å². The van der Waals surface area contributed by atoms with Gasteiger partial charge in [0.15, 0.2) is 17.5 Å². The van der Waals surface area contributed by atoms with Crippen molar-refractivity contribution in [1.82, 2.24) is 100 Å². The first-order chi connectivity index (χ1) is 63.1. The van der Waals surface area contributed by atoms with Crippen LogP contribution in [0.5, 0.6) is 0 Å². The van der Waals surface area contributed by atoms with Crippen molar-refractivity contribution in [3.05, 3.63) is 192 Å². The molecule has 0 saturated heterocycles. The second kappa shape index (κ2) is 82.7. The average Bonchev–Trinajstić information content (AvgIpc) is 1.72. The Bertz CT molecular complexity index is 3710. The molecule has 778 valence electrons. The van der Waals surface area contributed by atoms with Gasteiger partial charge >= 0.3 is 0 Å². The number of oxazole rings is 1. The Balaban J connectivity index is -0.000000333. The van der Waals surface area contributed by atoms with Gasteiger partial charge in [-0.05, 0) is 140 Å². The molecule has 1 aromatic carbocycles. The summed E-state index contributed by atoms with van der Waals surface area (Å²) in [6.45, 7) is 110. The summed E-state index contributed by atoms with van der Waals surface area (Å²) in [4.78, 5) is 18.4. The highest BCUT2D eigenvalue weighted by Crippen LogP contribution is 2.26. The molecule has 0 aliphatic carbocycles. The van der Waals surface area contributed by atoms with Crippen molar-refractivity contribution >= 4 is 45.5 Å². The lowest BCUT2D eigenvalue weighted by molar-refractivity contribution is 0.359. The third-order valence-electron chi connectivity index (χ3n) is 14.8. The highest BCUT2D eigenvalue weighted by atomic mass is 32.1. The van der Waals surface area contributed by atoms with Gasteiger partial charge in [0.1, 0.15) is 27.1 Å². The van der Waals surface area contributed by atoms with Crippen LogP contribution >= 0.6 is 45.5 Å². The molecule has 0 aliphatic heterocycles. The number of hydrogen-bond donors (Lipinski definition) is 0. The molecule has 0 radical (unpaired) electrons. The van der Waals surface area contributed by atoms with Crippen molar-refractivity contribution in [2.75, 3.05) is 0 Å². The predicted molar refractivity (Wildman–Crippen MR) is 586 cm³/mol. The summed E-state index contributed by atoms with van der Waals surface area (Å²) in [6, 6.07) is 19.3. The van der Waals surface area contributed by atoms with Gasteiger partial charge in [-0.1, -0.05) is 377 Å². The summed E-state index contributed by atoms with van der Waals surface area (Å²) in [6.07, 6.45) is 12.2. The SMILES string of the molecule is CC(C)C.CC(C)C.CC(C)C.CC(C)C.CC(C)C.CC(C)C.CC(C)c1ccccc1.CC(C)c1cn(C(C)C)nn1.CC(C)c1cnnn1C(C)C.CC(C)c1ncco1.CC(C)c1nccs1.CC(C)c1nnc(C(C)C)o1.CC(C)c1nnc(C(C)C)s1.CC(C)c1nnn(C(C)C)n1.CC(C)c1noc(C(C)C)n1.CC(C)c1nsc(C(C)C)n1.c1ccoc1.c1ccsc1. The number of tetrazole rings is 1. The fourth-order valence-corrected chi connectivity index (χ4v) is 10.5. The van der Waals surface area contributed by atoms with Gasteiger partial charge < -0.3 is 17.8 Å². The zero-order chi connectivity index (χ0) is 106. The first-order valence-electron chi connectivity index (χ1n) is 49.8. The van der Waals surface area contributed by atoms with E-state index >= 15 is 0 Å². The van der Waals surface area contributed by atoms with E-state index in [-0.39, 0.29) is 0 Å². The van der Waals surface area contributed by atoms with Gasteiger partial charge in [-0.15, -0.1) is 63.5 Å². The minimum absolute atomic E-state index is 0.301. The Morgan fingerprint density at radius 2 is 0.765 bits per heavy atom. The Kier molecular flexibility index (Phi) is 84.2. The maximum absolute atomic E-state index is 5.38. The molecule has 0 spiro atoms. The molecule has 0 atom stereocenters. The van der Waals surface area contributed by atoms with Crippen LogP contribution in [0, 0.1) is 35.5 Å². The molecule has 0 unspecified atom stereocenters. The number of furan rings is 1. The lowest BCUT2D eigenvalue weighted by Gasteiger charge is -2.10. The molecule has 0 bridgehead atoms. The molecular weight excluding hydrogens is 1770 g/mol. The standard InChI is InChI=1S/C9H12.2C8H15N3.2C8H14N2O.2C8H14N2S.C7H14N4.C6H9NO.C6H9NS.C4H4O.C4H4S.6C4H10/c1-8(2)9-6-4-3-5-7-9;1-6(2)8-5-11(7(3)4)10-9-8;1-6(2)8-5-9-10-11(8)7(3)4;1-5(2)7-9-10-8(11-7)6(3)4;1-5(2)7-9-8(6(3)4)11-10-7;1-5(2)7-9-10-8(11-7)6(3)4;1-5(2)7-9-8(6(3)4)11-10-7;1-5(2)7-8-10-11(9-7)6(3)4;2*1-5(2)6-7-3-4-8-6;2*1-2-4-5-3-1;6*1-4(2)3/h3-8H,1-2H3;2*5-7H,1-4H3;5*5-6H,1-4H3;2*3-5H,1-2H3;2*1-4H;6*4H,1-3H3. The first kappa shape index (κ1) is 138. The Labute approximate surface area is 846 Å². The van der Waals surface area contributed by atoms with Crippen LogP contribution in [0.4, 0.5) is 0 Å². The number of thiazole rings is 1. The van der Waals surface area contributed by atoms with Gasteiger partial charge in [-0.2, -0.15) is 25.5 Å². The predicted octanol–water partition coefficient (Wildman–Crippen LogP) is 35.4. The summed E-state index contributed by atoms with van der Waals surface area (Å²) < 4.78 is 28.1. The molecule has 28 heteroatoms. The highest BCUT2D eigenvalue weighted by Gasteiger charge is 2.16. The van der Waals surface area contributed by atoms with Crippen LogP contribution in [0.3, 0.4) is 0 Å². The van der Waals surface area contributed by atoms with Crippen LogP contribution in [0.25, 0.3) is 0 Å². The van der Waals surface area contributed by atoms with Crippen molar-refractivity contribution in [1.29, 1.82) is 0 Å². The maximum Gasteiger partial charge on any atom is 0.229 e. The van der Waals surface area contributed by atoms with E-state index in [1.165, 1.54) is 27.8 Å². The van der Waals surface area contributed by atoms with Crippen LogP contribution in [0.15, 0.2) is 132 Å². The van der Waals surface area contributed by atoms with E-state index in [1.54, 1.807) is 63.8 Å². The number of benzene rings is 1. The van der Waals surface area contributed by atoms with E-state index in [2.05, 4.69) is 405 Å². The van der Waals surface area contributed by atoms with E-state index in [1.807, 2.05) is 144 Å². The molecule has 24 nitrogen and oxygen atoms in total.